The van der Waals surface area contributed by atoms with Crippen molar-refractivity contribution in [3.05, 3.63) is 0 Å². The summed E-state index contributed by atoms with van der Waals surface area (Å²) in [5.74, 6) is 0. The molecule has 0 aromatic rings. The summed E-state index contributed by atoms with van der Waals surface area (Å²) in [6, 6.07) is 0. The van der Waals surface area contributed by atoms with Gasteiger partial charge in [0.05, 0.1) is 8.41 Å². The van der Waals surface area contributed by atoms with Gasteiger partial charge in [-0.25, -0.2) is 0 Å². The van der Waals surface area contributed by atoms with Crippen molar-refractivity contribution in [1.29, 1.82) is 0 Å². The summed E-state index contributed by atoms with van der Waals surface area (Å²) in [5, 5.41) is 0. The van der Waals surface area contributed by atoms with Gasteiger partial charge in [0, 0.05) is 56.2 Å². The van der Waals surface area contributed by atoms with Crippen LogP contribution in [0, 0.1) is 0 Å². The molecular formula is H3BCrNiTa. The third-order valence-corrected chi connectivity index (χ3v) is 0. The predicted molar refractivity (Wildman–Crippen MR) is 9.94 cm³/mol. The van der Waals surface area contributed by atoms with Crippen LogP contribution in [0.2, 0.25) is 0 Å². The maximum atomic E-state index is 0. The van der Waals surface area contributed by atoms with Crippen LogP contribution >= 0.6 is 0 Å². The Labute approximate surface area is 64.2 Å². The van der Waals surface area contributed by atoms with Crippen molar-refractivity contribution < 1.29 is 56.2 Å². The van der Waals surface area contributed by atoms with Gasteiger partial charge in [-0.3, -0.25) is 0 Å². The van der Waals surface area contributed by atoms with Gasteiger partial charge in [0.15, 0.2) is 0 Å². The minimum Gasteiger partial charge on any atom is 0 e. The molecule has 0 spiro atoms. The zero-order valence-corrected chi connectivity index (χ0v) is 6.65. The molecule has 0 rings (SSSR count). The minimum absolute atomic E-state index is 0. The first-order chi connectivity index (χ1) is 0. The molecule has 0 aliphatic rings. The van der Waals surface area contributed by atoms with Crippen molar-refractivity contribution in [3.63, 3.8) is 0 Å². The summed E-state index contributed by atoms with van der Waals surface area (Å²) in [6.45, 7) is 0. The van der Waals surface area contributed by atoms with Crippen LogP contribution in [0.5, 0.6) is 0 Å². The van der Waals surface area contributed by atoms with Crippen LogP contribution in [-0.2, 0) is 56.2 Å². The van der Waals surface area contributed by atoms with E-state index in [0.29, 0.717) is 0 Å². The van der Waals surface area contributed by atoms with Crippen molar-refractivity contribution in [3.8, 4) is 0 Å². The molecule has 0 N–H and O–H groups in total. The van der Waals surface area contributed by atoms with Crippen LogP contribution in [-0.4, -0.2) is 8.41 Å². The van der Waals surface area contributed by atoms with Crippen LogP contribution in [0.3, 0.4) is 0 Å². The van der Waals surface area contributed by atoms with E-state index in [2.05, 4.69) is 0 Å². The third kappa shape index (κ3) is 9.16. The quantitative estimate of drug-likeness (QED) is 0.494. The molecule has 0 aliphatic carbocycles. The first-order valence-corrected chi connectivity index (χ1v) is 0. The maximum absolute atomic E-state index is 0. The second kappa shape index (κ2) is 21.1. The fourth-order valence-electron chi connectivity index (χ4n) is 0. The van der Waals surface area contributed by atoms with Crippen molar-refractivity contribution in [2.45, 2.75) is 0 Å². The fraction of sp³-hybridized carbons (Fsp3) is 0. The van der Waals surface area contributed by atoms with Gasteiger partial charge in [0.2, 0.25) is 0 Å². The molecule has 0 amide bonds. The molecule has 1 radical (unpaired) electrons. The van der Waals surface area contributed by atoms with Gasteiger partial charge in [0.1, 0.15) is 0 Å². The van der Waals surface area contributed by atoms with Crippen molar-refractivity contribution in [2.75, 3.05) is 0 Å². The molecule has 27 valence electrons. The minimum atomic E-state index is 0. The first kappa shape index (κ1) is 40.6. The van der Waals surface area contributed by atoms with Crippen LogP contribution in [0.1, 0.15) is 0 Å². The average molecular weight is 305 g/mol. The van der Waals surface area contributed by atoms with Crippen LogP contribution in [0.4, 0.5) is 0 Å². The molecule has 0 saturated carbocycles. The van der Waals surface area contributed by atoms with E-state index >= 15 is 0 Å². The summed E-state index contributed by atoms with van der Waals surface area (Å²) in [4.78, 5) is 0. The molecule has 0 aromatic heterocycles. The molecule has 4 heteroatoms. The van der Waals surface area contributed by atoms with E-state index in [1.807, 2.05) is 0 Å². The van der Waals surface area contributed by atoms with Crippen LogP contribution < -0.4 is 0 Å². The standard InChI is InChI=1S/BH3.Cr.Ni.Ta/h1H3;;;. The molecule has 0 aliphatic heterocycles. The summed E-state index contributed by atoms with van der Waals surface area (Å²) < 4.78 is 0. The fourth-order valence-corrected chi connectivity index (χ4v) is 0. The largest absolute Gasteiger partial charge is 0.0814 e. The predicted octanol–water partition coefficient (Wildman–Crippen LogP) is -1.19. The van der Waals surface area contributed by atoms with Gasteiger partial charge in [-0.1, -0.05) is 0 Å². The number of rotatable bonds is 0. The Kier molecular flexibility index (Phi) is 215. The second-order valence-electron chi connectivity index (χ2n) is 0. The van der Waals surface area contributed by atoms with E-state index < -0.39 is 0 Å². The van der Waals surface area contributed by atoms with E-state index in [-0.39, 0.29) is 64.6 Å². The van der Waals surface area contributed by atoms with E-state index in [4.69, 9.17) is 0 Å². The molecule has 0 heterocycles. The number of hydrogen-bond acceptors (Lipinski definition) is 0. The molecule has 0 saturated heterocycles. The summed E-state index contributed by atoms with van der Waals surface area (Å²) in [5.41, 5.74) is 0. The SMILES string of the molecule is B.[Cr].[Ni].[Ta]. The molecule has 0 aromatic carbocycles. The van der Waals surface area contributed by atoms with Gasteiger partial charge in [-0.05, 0) is 0 Å². The Morgan fingerprint density at radius 2 is 1.00 bits per heavy atom. The van der Waals surface area contributed by atoms with Gasteiger partial charge in [-0.2, -0.15) is 0 Å². The Morgan fingerprint density at radius 1 is 1.00 bits per heavy atom. The van der Waals surface area contributed by atoms with E-state index in [9.17, 15) is 0 Å². The van der Waals surface area contributed by atoms with Crippen molar-refractivity contribution >= 4 is 8.41 Å². The zero-order valence-electron chi connectivity index (χ0n) is 1.17. The Hall–Kier alpha value is 1.83. The molecule has 4 heavy (non-hydrogen) atoms. The zero-order chi connectivity index (χ0) is 0. The topological polar surface area (TPSA) is 0 Å². The Bertz CT molecular complexity index is 8.00. The summed E-state index contributed by atoms with van der Waals surface area (Å²) in [7, 11) is 0. The Balaban J connectivity index is 0. The van der Waals surface area contributed by atoms with Crippen LogP contribution in [0.15, 0.2) is 0 Å². The molecule has 0 bridgehead atoms. The van der Waals surface area contributed by atoms with E-state index in [1.165, 1.54) is 0 Å². The molecular weight excluding hydrogens is 302 g/mol. The maximum Gasteiger partial charge on any atom is 0.0814 e. The van der Waals surface area contributed by atoms with Crippen LogP contribution in [0.25, 0.3) is 0 Å². The smallest absolute Gasteiger partial charge is 0 e. The average Bonchev–Trinajstić information content (AvgIpc) is 0. The molecule has 0 fully saturated rings. The normalized spacial score (nSPS) is 0. The molecule has 0 nitrogen and oxygen atoms in total. The third-order valence-electron chi connectivity index (χ3n) is 0. The Morgan fingerprint density at radius 3 is 1.00 bits per heavy atom. The van der Waals surface area contributed by atoms with Crippen molar-refractivity contribution in [1.82, 2.24) is 0 Å². The van der Waals surface area contributed by atoms with E-state index in [1.54, 1.807) is 0 Å². The van der Waals surface area contributed by atoms with Gasteiger partial charge >= 0.3 is 0 Å². The van der Waals surface area contributed by atoms with Gasteiger partial charge in [0.25, 0.3) is 0 Å². The first-order valence-electron chi connectivity index (χ1n) is 0. The summed E-state index contributed by atoms with van der Waals surface area (Å²) in [6.07, 6.45) is 0. The van der Waals surface area contributed by atoms with Gasteiger partial charge in [-0.15, -0.1) is 0 Å². The molecule has 0 unspecified atom stereocenters. The second-order valence-corrected chi connectivity index (χ2v) is 0. The number of hydrogen-bond donors (Lipinski definition) is 0. The van der Waals surface area contributed by atoms with E-state index in [0.717, 1.165) is 0 Å². The monoisotopic (exact) mass is 305 g/mol. The molecule has 0 atom stereocenters. The van der Waals surface area contributed by atoms with Gasteiger partial charge < -0.3 is 0 Å². The van der Waals surface area contributed by atoms with Crippen molar-refractivity contribution in [2.24, 2.45) is 0 Å². The summed E-state index contributed by atoms with van der Waals surface area (Å²) >= 11 is 0.